The summed E-state index contributed by atoms with van der Waals surface area (Å²) in [5.74, 6) is 0. The zero-order valence-corrected chi connectivity index (χ0v) is 20.1. The molecule has 7 aromatic carbocycles. The molecular formula is C34H23BO2. The topological polar surface area (TPSA) is 40.5 Å². The molecule has 2 nitrogen and oxygen atoms in total. The standard InChI is InChI=1S/C34H23BO2/c36-35(37)34-31-12-6-5-11-29(31)33(28-16-14-23-8-2-4-10-25(23)20-28)30-18-17-27(21-32(30)34)26-15-13-22-7-1-3-9-24(22)19-26/h1-21,36-37H. The Balaban J connectivity index is 1.55. The van der Waals surface area contributed by atoms with Gasteiger partial charge < -0.3 is 10.0 Å². The number of fused-ring (bicyclic) bond motifs is 4. The molecule has 0 radical (unpaired) electrons. The smallest absolute Gasteiger partial charge is 0.423 e. The Labute approximate surface area is 215 Å². The molecule has 0 aliphatic carbocycles. The Kier molecular flexibility index (Phi) is 5.07. The summed E-state index contributed by atoms with van der Waals surface area (Å²) in [6.45, 7) is 0. The van der Waals surface area contributed by atoms with Gasteiger partial charge >= 0.3 is 7.12 Å². The molecule has 0 heterocycles. The minimum Gasteiger partial charge on any atom is -0.423 e. The Morgan fingerprint density at radius 2 is 0.865 bits per heavy atom. The van der Waals surface area contributed by atoms with E-state index in [1.807, 2.05) is 24.3 Å². The number of hydrogen-bond acceptors (Lipinski definition) is 2. The third kappa shape index (κ3) is 3.60. The lowest BCUT2D eigenvalue weighted by Crippen LogP contribution is -2.31. The van der Waals surface area contributed by atoms with Crippen molar-refractivity contribution in [1.29, 1.82) is 0 Å². The lowest BCUT2D eigenvalue weighted by molar-refractivity contribution is 0.426. The third-order valence-electron chi connectivity index (χ3n) is 7.44. The number of rotatable bonds is 3. The van der Waals surface area contributed by atoms with Crippen LogP contribution in [0.5, 0.6) is 0 Å². The van der Waals surface area contributed by atoms with E-state index in [0.29, 0.717) is 5.46 Å². The molecule has 0 bridgehead atoms. The molecule has 0 unspecified atom stereocenters. The molecule has 0 fully saturated rings. The van der Waals surface area contributed by atoms with Gasteiger partial charge in [0, 0.05) is 0 Å². The van der Waals surface area contributed by atoms with Crippen LogP contribution in [0, 0.1) is 0 Å². The maximum Gasteiger partial charge on any atom is 0.489 e. The highest BCUT2D eigenvalue weighted by Gasteiger charge is 2.23. The first-order valence-corrected chi connectivity index (χ1v) is 12.5. The van der Waals surface area contributed by atoms with Crippen molar-refractivity contribution in [3.05, 3.63) is 127 Å². The van der Waals surface area contributed by atoms with Gasteiger partial charge in [0.15, 0.2) is 0 Å². The van der Waals surface area contributed by atoms with Gasteiger partial charge in [-0.05, 0) is 89.0 Å². The van der Waals surface area contributed by atoms with E-state index in [9.17, 15) is 10.0 Å². The van der Waals surface area contributed by atoms with Crippen molar-refractivity contribution in [1.82, 2.24) is 0 Å². The minimum absolute atomic E-state index is 0.540. The number of benzene rings is 7. The van der Waals surface area contributed by atoms with E-state index in [2.05, 4.69) is 103 Å². The lowest BCUT2D eigenvalue weighted by atomic mass is 9.72. The van der Waals surface area contributed by atoms with Gasteiger partial charge in [-0.25, -0.2) is 0 Å². The first-order chi connectivity index (χ1) is 18.2. The minimum atomic E-state index is -1.59. The fraction of sp³-hybridized carbons (Fsp3) is 0. The largest absolute Gasteiger partial charge is 0.489 e. The molecule has 0 aliphatic rings. The van der Waals surface area contributed by atoms with Gasteiger partial charge in [-0.15, -0.1) is 0 Å². The third-order valence-corrected chi connectivity index (χ3v) is 7.44. The maximum absolute atomic E-state index is 10.6. The van der Waals surface area contributed by atoms with Gasteiger partial charge in [-0.2, -0.15) is 0 Å². The highest BCUT2D eigenvalue weighted by atomic mass is 16.4. The zero-order chi connectivity index (χ0) is 24.9. The van der Waals surface area contributed by atoms with E-state index in [4.69, 9.17) is 0 Å². The molecule has 0 aliphatic heterocycles. The first kappa shape index (κ1) is 21.8. The van der Waals surface area contributed by atoms with Crippen LogP contribution >= 0.6 is 0 Å². The Morgan fingerprint density at radius 3 is 1.54 bits per heavy atom. The van der Waals surface area contributed by atoms with Crippen LogP contribution in [0.25, 0.3) is 65.3 Å². The fourth-order valence-electron chi connectivity index (χ4n) is 5.69. The summed E-state index contributed by atoms with van der Waals surface area (Å²) in [6.07, 6.45) is 0. The Morgan fingerprint density at radius 1 is 0.378 bits per heavy atom. The molecule has 0 amide bonds. The molecule has 0 aromatic heterocycles. The summed E-state index contributed by atoms with van der Waals surface area (Å²) >= 11 is 0. The second-order valence-corrected chi connectivity index (χ2v) is 9.59. The maximum atomic E-state index is 10.6. The fourth-order valence-corrected chi connectivity index (χ4v) is 5.69. The highest BCUT2D eigenvalue weighted by Crippen LogP contribution is 2.38. The average Bonchev–Trinajstić information content (AvgIpc) is 2.94. The van der Waals surface area contributed by atoms with Crippen molar-refractivity contribution in [2.24, 2.45) is 0 Å². The van der Waals surface area contributed by atoms with Crippen LogP contribution in [0.3, 0.4) is 0 Å². The van der Waals surface area contributed by atoms with E-state index in [1.54, 1.807) is 0 Å². The summed E-state index contributed by atoms with van der Waals surface area (Å²) in [5.41, 5.74) is 4.89. The van der Waals surface area contributed by atoms with E-state index >= 15 is 0 Å². The van der Waals surface area contributed by atoms with Crippen LogP contribution in [0.4, 0.5) is 0 Å². The molecule has 174 valence electrons. The zero-order valence-electron chi connectivity index (χ0n) is 20.1. The van der Waals surface area contributed by atoms with Gasteiger partial charge in [0.05, 0.1) is 0 Å². The number of hydrogen-bond donors (Lipinski definition) is 2. The SMILES string of the molecule is OB(O)c1c2ccccc2c(-c2ccc3ccccc3c2)c2ccc(-c3ccc4ccccc4c3)cc12. The molecule has 0 saturated carbocycles. The van der Waals surface area contributed by atoms with E-state index in [0.717, 1.165) is 43.8 Å². The molecule has 7 rings (SSSR count). The van der Waals surface area contributed by atoms with Gasteiger partial charge in [0.2, 0.25) is 0 Å². The lowest BCUT2D eigenvalue weighted by Gasteiger charge is -2.18. The van der Waals surface area contributed by atoms with Crippen LogP contribution in [0.2, 0.25) is 0 Å². The summed E-state index contributed by atoms with van der Waals surface area (Å²) in [4.78, 5) is 0. The predicted molar refractivity (Wildman–Crippen MR) is 157 cm³/mol. The van der Waals surface area contributed by atoms with Crippen molar-refractivity contribution in [3.63, 3.8) is 0 Å². The predicted octanol–water partition coefficient (Wildman–Crippen LogP) is 7.31. The summed E-state index contributed by atoms with van der Waals surface area (Å²) in [6, 6.07) is 44.1. The van der Waals surface area contributed by atoms with E-state index in [1.165, 1.54) is 21.5 Å². The molecule has 2 N–H and O–H groups in total. The summed E-state index contributed by atoms with van der Waals surface area (Å²) in [7, 11) is -1.59. The van der Waals surface area contributed by atoms with Crippen molar-refractivity contribution in [2.45, 2.75) is 0 Å². The molecular weight excluding hydrogens is 451 g/mol. The van der Waals surface area contributed by atoms with Gasteiger partial charge in [-0.1, -0.05) is 109 Å². The van der Waals surface area contributed by atoms with Crippen molar-refractivity contribution < 1.29 is 10.0 Å². The first-order valence-electron chi connectivity index (χ1n) is 12.5. The van der Waals surface area contributed by atoms with E-state index in [-0.39, 0.29) is 0 Å². The second-order valence-electron chi connectivity index (χ2n) is 9.59. The van der Waals surface area contributed by atoms with Crippen molar-refractivity contribution in [2.75, 3.05) is 0 Å². The molecule has 7 aromatic rings. The van der Waals surface area contributed by atoms with Gasteiger partial charge in [0.25, 0.3) is 0 Å². The average molecular weight is 474 g/mol. The molecule has 37 heavy (non-hydrogen) atoms. The van der Waals surface area contributed by atoms with Gasteiger partial charge in [-0.3, -0.25) is 0 Å². The van der Waals surface area contributed by atoms with Gasteiger partial charge in [0.1, 0.15) is 0 Å². The van der Waals surface area contributed by atoms with Crippen LogP contribution in [-0.4, -0.2) is 17.2 Å². The van der Waals surface area contributed by atoms with Crippen molar-refractivity contribution >= 4 is 55.7 Å². The summed E-state index contributed by atoms with van der Waals surface area (Å²) < 4.78 is 0. The van der Waals surface area contributed by atoms with Crippen LogP contribution < -0.4 is 5.46 Å². The van der Waals surface area contributed by atoms with Crippen LogP contribution in [-0.2, 0) is 0 Å². The monoisotopic (exact) mass is 474 g/mol. The quantitative estimate of drug-likeness (QED) is 0.208. The highest BCUT2D eigenvalue weighted by molar-refractivity contribution is 6.66. The Hall–Kier alpha value is -4.44. The molecule has 3 heteroatoms. The molecule has 0 spiro atoms. The van der Waals surface area contributed by atoms with Crippen molar-refractivity contribution in [3.8, 4) is 22.3 Å². The normalized spacial score (nSPS) is 11.5. The summed E-state index contributed by atoms with van der Waals surface area (Å²) in [5, 5.41) is 29.6. The second kappa shape index (κ2) is 8.60. The molecule has 0 saturated heterocycles. The Bertz CT molecular complexity index is 1970. The van der Waals surface area contributed by atoms with Crippen LogP contribution in [0.1, 0.15) is 0 Å². The molecule has 0 atom stereocenters. The van der Waals surface area contributed by atoms with E-state index < -0.39 is 7.12 Å². The van der Waals surface area contributed by atoms with Crippen LogP contribution in [0.15, 0.2) is 127 Å².